The molecule has 1 heterocycles. The molecule has 6 nitrogen and oxygen atoms in total. The zero-order valence-corrected chi connectivity index (χ0v) is 16.5. The van der Waals surface area contributed by atoms with E-state index in [4.69, 9.17) is 0 Å². The maximum absolute atomic E-state index is 12.5. The van der Waals surface area contributed by atoms with Gasteiger partial charge < -0.3 is 5.32 Å². The Bertz CT molecular complexity index is 1080. The molecule has 0 fully saturated rings. The van der Waals surface area contributed by atoms with Gasteiger partial charge >= 0.3 is 0 Å². The fourth-order valence-electron chi connectivity index (χ4n) is 2.57. The van der Waals surface area contributed by atoms with E-state index in [2.05, 4.69) is 15.0 Å². The van der Waals surface area contributed by atoms with Crippen molar-refractivity contribution in [1.29, 1.82) is 0 Å². The van der Waals surface area contributed by atoms with Gasteiger partial charge in [0.1, 0.15) is 0 Å². The van der Waals surface area contributed by atoms with Gasteiger partial charge in [-0.15, -0.1) is 0 Å². The van der Waals surface area contributed by atoms with E-state index in [9.17, 15) is 13.2 Å². The Morgan fingerprint density at radius 1 is 1.00 bits per heavy atom. The highest BCUT2D eigenvalue weighted by Crippen LogP contribution is 2.19. The lowest BCUT2D eigenvalue weighted by atomic mass is 10.1. The van der Waals surface area contributed by atoms with Crippen molar-refractivity contribution in [3.63, 3.8) is 0 Å². The van der Waals surface area contributed by atoms with Crippen LogP contribution in [0.1, 0.15) is 27.0 Å². The number of hydrogen-bond acceptors (Lipinski definition) is 4. The number of amides is 1. The van der Waals surface area contributed by atoms with Gasteiger partial charge in [0.15, 0.2) is 0 Å². The van der Waals surface area contributed by atoms with E-state index in [0.29, 0.717) is 17.8 Å². The second-order valence-electron chi connectivity index (χ2n) is 6.47. The van der Waals surface area contributed by atoms with Crippen molar-refractivity contribution in [3.8, 4) is 0 Å². The lowest BCUT2D eigenvalue weighted by Gasteiger charge is -2.10. The number of benzene rings is 2. The summed E-state index contributed by atoms with van der Waals surface area (Å²) in [5.41, 5.74) is 3.66. The number of rotatable bonds is 6. The van der Waals surface area contributed by atoms with Crippen LogP contribution in [0.15, 0.2) is 71.9 Å². The molecule has 0 unspecified atom stereocenters. The normalized spacial score (nSPS) is 11.1. The van der Waals surface area contributed by atoms with Crippen LogP contribution in [0.25, 0.3) is 0 Å². The van der Waals surface area contributed by atoms with Crippen molar-refractivity contribution in [2.75, 3.05) is 4.72 Å². The average Bonchev–Trinajstić information content (AvgIpc) is 2.69. The lowest BCUT2D eigenvalue weighted by molar-refractivity contribution is 0.0951. The number of hydrogen-bond donors (Lipinski definition) is 2. The Kier molecular flexibility index (Phi) is 5.75. The Morgan fingerprint density at radius 2 is 1.75 bits per heavy atom. The SMILES string of the molecule is Cc1ccc(S(=O)(=O)Nc2ccc(C(=O)NCc3cccnc3)cc2)cc1C. The monoisotopic (exact) mass is 395 g/mol. The molecule has 0 saturated heterocycles. The molecule has 0 aliphatic heterocycles. The zero-order chi connectivity index (χ0) is 20.1. The highest BCUT2D eigenvalue weighted by Gasteiger charge is 2.15. The third kappa shape index (κ3) is 4.75. The molecule has 0 atom stereocenters. The molecule has 1 aromatic heterocycles. The predicted octanol–water partition coefficient (Wildman–Crippen LogP) is 3.43. The van der Waals surface area contributed by atoms with Gasteiger partial charge in [0.05, 0.1) is 4.90 Å². The first-order chi connectivity index (χ1) is 13.3. The van der Waals surface area contributed by atoms with Crippen LogP contribution in [-0.2, 0) is 16.6 Å². The van der Waals surface area contributed by atoms with Crippen LogP contribution in [0.3, 0.4) is 0 Å². The molecule has 144 valence electrons. The summed E-state index contributed by atoms with van der Waals surface area (Å²) in [5, 5.41) is 2.80. The van der Waals surface area contributed by atoms with Gasteiger partial charge in [-0.25, -0.2) is 8.42 Å². The van der Waals surface area contributed by atoms with Gasteiger partial charge in [0.2, 0.25) is 0 Å². The zero-order valence-electron chi connectivity index (χ0n) is 15.6. The predicted molar refractivity (Wildman–Crippen MR) is 109 cm³/mol. The summed E-state index contributed by atoms with van der Waals surface area (Å²) in [5.74, 6) is -0.243. The fourth-order valence-corrected chi connectivity index (χ4v) is 3.72. The van der Waals surface area contributed by atoms with Crippen LogP contribution in [-0.4, -0.2) is 19.3 Å². The quantitative estimate of drug-likeness (QED) is 0.669. The van der Waals surface area contributed by atoms with Gasteiger partial charge in [-0.1, -0.05) is 12.1 Å². The number of aryl methyl sites for hydroxylation is 2. The number of nitrogens with one attached hydrogen (secondary N) is 2. The molecule has 0 aliphatic rings. The molecule has 3 aromatic rings. The van der Waals surface area contributed by atoms with Crippen molar-refractivity contribution in [3.05, 3.63) is 89.2 Å². The highest BCUT2D eigenvalue weighted by molar-refractivity contribution is 7.92. The van der Waals surface area contributed by atoms with E-state index < -0.39 is 10.0 Å². The minimum atomic E-state index is -3.69. The van der Waals surface area contributed by atoms with Gasteiger partial charge in [-0.3, -0.25) is 14.5 Å². The number of carbonyl (C=O) groups excluding carboxylic acids is 1. The van der Waals surface area contributed by atoms with Gasteiger partial charge in [0, 0.05) is 30.2 Å². The highest BCUT2D eigenvalue weighted by atomic mass is 32.2. The molecule has 28 heavy (non-hydrogen) atoms. The first-order valence-corrected chi connectivity index (χ1v) is 10.2. The molecule has 2 aromatic carbocycles. The summed E-state index contributed by atoms with van der Waals surface area (Å²) >= 11 is 0. The topological polar surface area (TPSA) is 88.2 Å². The van der Waals surface area contributed by atoms with Gasteiger partial charge in [0.25, 0.3) is 15.9 Å². The molecule has 7 heteroatoms. The van der Waals surface area contributed by atoms with E-state index in [1.54, 1.807) is 60.9 Å². The summed E-state index contributed by atoms with van der Waals surface area (Å²) in [6.45, 7) is 4.17. The third-order valence-electron chi connectivity index (χ3n) is 4.36. The van der Waals surface area contributed by atoms with E-state index in [0.717, 1.165) is 16.7 Å². The summed E-state index contributed by atoms with van der Waals surface area (Å²) in [7, 11) is -3.69. The van der Waals surface area contributed by atoms with Crippen molar-refractivity contribution >= 4 is 21.6 Å². The number of carbonyl (C=O) groups is 1. The van der Waals surface area contributed by atoms with Crippen molar-refractivity contribution in [2.45, 2.75) is 25.3 Å². The van der Waals surface area contributed by atoms with E-state index in [-0.39, 0.29) is 10.8 Å². The van der Waals surface area contributed by atoms with Crippen LogP contribution in [0, 0.1) is 13.8 Å². The van der Waals surface area contributed by atoms with Crippen LogP contribution in [0.2, 0.25) is 0 Å². The molecule has 0 saturated carbocycles. The largest absolute Gasteiger partial charge is 0.348 e. The van der Waals surface area contributed by atoms with Crippen LogP contribution in [0.5, 0.6) is 0 Å². The Labute approximate surface area is 164 Å². The van der Waals surface area contributed by atoms with Crippen LogP contribution in [0.4, 0.5) is 5.69 Å². The first-order valence-electron chi connectivity index (χ1n) is 8.72. The number of aromatic nitrogens is 1. The third-order valence-corrected chi connectivity index (χ3v) is 5.74. The first kappa shape index (κ1) is 19.6. The molecule has 3 rings (SSSR count). The van der Waals surface area contributed by atoms with E-state index >= 15 is 0 Å². The second-order valence-corrected chi connectivity index (χ2v) is 8.16. The average molecular weight is 395 g/mol. The van der Waals surface area contributed by atoms with Crippen molar-refractivity contribution in [2.24, 2.45) is 0 Å². The molecule has 1 amide bonds. The minimum Gasteiger partial charge on any atom is -0.348 e. The number of nitrogens with zero attached hydrogens (tertiary/aromatic N) is 1. The Morgan fingerprint density at radius 3 is 2.39 bits per heavy atom. The number of pyridine rings is 1. The summed E-state index contributed by atoms with van der Waals surface area (Å²) in [6, 6.07) is 15.0. The van der Waals surface area contributed by atoms with Crippen molar-refractivity contribution < 1.29 is 13.2 Å². The van der Waals surface area contributed by atoms with Gasteiger partial charge in [-0.05, 0) is 73.0 Å². The van der Waals surface area contributed by atoms with Crippen LogP contribution < -0.4 is 10.0 Å². The van der Waals surface area contributed by atoms with Crippen LogP contribution >= 0.6 is 0 Å². The summed E-state index contributed by atoms with van der Waals surface area (Å²) in [6.07, 6.45) is 3.36. The molecule has 2 N–H and O–H groups in total. The Balaban J connectivity index is 1.66. The maximum atomic E-state index is 12.5. The summed E-state index contributed by atoms with van der Waals surface area (Å²) < 4.78 is 27.6. The maximum Gasteiger partial charge on any atom is 0.261 e. The van der Waals surface area contributed by atoms with Gasteiger partial charge in [-0.2, -0.15) is 0 Å². The molecule has 0 spiro atoms. The summed E-state index contributed by atoms with van der Waals surface area (Å²) in [4.78, 5) is 16.4. The van der Waals surface area contributed by atoms with E-state index in [1.165, 1.54) is 0 Å². The number of sulfonamides is 1. The minimum absolute atomic E-state index is 0.203. The molecule has 0 bridgehead atoms. The molecular formula is C21H21N3O3S. The fraction of sp³-hybridized carbons (Fsp3) is 0.143. The Hall–Kier alpha value is -3.19. The second kappa shape index (κ2) is 8.22. The van der Waals surface area contributed by atoms with E-state index in [1.807, 2.05) is 19.9 Å². The molecule has 0 radical (unpaired) electrons. The lowest BCUT2D eigenvalue weighted by Crippen LogP contribution is -2.22. The smallest absolute Gasteiger partial charge is 0.261 e. The number of anilines is 1. The van der Waals surface area contributed by atoms with Crippen molar-refractivity contribution in [1.82, 2.24) is 10.3 Å². The molecular weight excluding hydrogens is 374 g/mol. The molecule has 0 aliphatic carbocycles. The standard InChI is InChI=1S/C21H21N3O3S/c1-15-5-10-20(12-16(15)2)28(26,27)24-19-8-6-18(7-9-19)21(25)23-14-17-4-3-11-22-13-17/h3-13,24H,14H2,1-2H3,(H,23,25).